The fraction of sp³-hybridized carbons (Fsp3) is 0.550. The first-order valence-electron chi connectivity index (χ1n) is 10.0. The minimum Gasteiger partial charge on any atom is -0.497 e. The third-order valence-corrected chi connectivity index (χ3v) is 6.55. The van der Waals surface area contributed by atoms with Crippen molar-refractivity contribution in [2.45, 2.75) is 45.3 Å². The standard InChI is InChI=1S/C20H27N5O5S/c1-19(2,3)30-18(26)24-31(27,28)23-13-8-20(9-13)10-25(11-20)17-15-6-5-14(29-4)7-16(15)21-12-22-17/h5-7,12-13,23H,8-11H2,1-4H3,(H,24,26). The molecule has 1 amide bonds. The van der Waals surface area contributed by atoms with Crippen LogP contribution in [-0.4, -0.2) is 56.3 Å². The molecule has 2 aliphatic rings. The van der Waals surface area contributed by atoms with E-state index in [1.807, 2.05) is 22.9 Å². The van der Waals surface area contributed by atoms with Gasteiger partial charge in [0.2, 0.25) is 0 Å². The number of rotatable bonds is 5. The van der Waals surface area contributed by atoms with Gasteiger partial charge in [-0.05, 0) is 45.7 Å². The van der Waals surface area contributed by atoms with Crippen LogP contribution in [0, 0.1) is 5.41 Å². The second-order valence-electron chi connectivity index (χ2n) is 9.27. The monoisotopic (exact) mass is 449 g/mol. The Kier molecular flexibility index (Phi) is 5.21. The molecule has 1 saturated heterocycles. The highest BCUT2D eigenvalue weighted by molar-refractivity contribution is 7.88. The molecule has 0 unspecified atom stereocenters. The molecule has 11 heteroatoms. The molecule has 1 saturated carbocycles. The summed E-state index contributed by atoms with van der Waals surface area (Å²) in [5, 5.41) is 0.955. The van der Waals surface area contributed by atoms with Gasteiger partial charge in [-0.2, -0.15) is 13.1 Å². The van der Waals surface area contributed by atoms with Crippen LogP contribution in [-0.2, 0) is 14.9 Å². The average Bonchev–Trinajstić information content (AvgIpc) is 2.59. The van der Waals surface area contributed by atoms with Crippen LogP contribution >= 0.6 is 0 Å². The maximum absolute atomic E-state index is 12.2. The molecule has 10 nitrogen and oxygen atoms in total. The Morgan fingerprint density at radius 1 is 1.23 bits per heavy atom. The number of anilines is 1. The number of methoxy groups -OCH3 is 1. The van der Waals surface area contributed by atoms with Gasteiger partial charge < -0.3 is 14.4 Å². The zero-order valence-electron chi connectivity index (χ0n) is 18.0. The molecule has 2 N–H and O–H groups in total. The number of fused-ring (bicyclic) bond motifs is 1. The van der Waals surface area contributed by atoms with Crippen LogP contribution in [0.3, 0.4) is 0 Å². The summed E-state index contributed by atoms with van der Waals surface area (Å²) in [6, 6.07) is 5.50. The fourth-order valence-corrected chi connectivity index (χ4v) is 5.22. The first-order valence-corrected chi connectivity index (χ1v) is 11.5. The van der Waals surface area contributed by atoms with Gasteiger partial charge in [0.05, 0.1) is 12.6 Å². The fourth-order valence-electron chi connectivity index (χ4n) is 4.30. The number of aromatic nitrogens is 2. The highest BCUT2D eigenvalue weighted by Crippen LogP contribution is 2.50. The van der Waals surface area contributed by atoms with Crippen LogP contribution in [0.5, 0.6) is 5.75 Å². The van der Waals surface area contributed by atoms with E-state index in [1.54, 1.807) is 34.2 Å². The summed E-state index contributed by atoms with van der Waals surface area (Å²) in [6.45, 7) is 6.60. The lowest BCUT2D eigenvalue weighted by Gasteiger charge is -2.59. The van der Waals surface area contributed by atoms with Gasteiger partial charge in [0.15, 0.2) is 0 Å². The van der Waals surface area contributed by atoms with Crippen molar-refractivity contribution in [2.75, 3.05) is 25.1 Å². The van der Waals surface area contributed by atoms with Gasteiger partial charge >= 0.3 is 16.3 Å². The third-order valence-electron chi connectivity index (χ3n) is 5.47. The number of hydrogen-bond donors (Lipinski definition) is 2. The number of benzene rings is 1. The molecule has 0 atom stereocenters. The van der Waals surface area contributed by atoms with Crippen molar-refractivity contribution in [1.82, 2.24) is 19.4 Å². The summed E-state index contributed by atoms with van der Waals surface area (Å²) in [6.07, 6.45) is 1.96. The van der Waals surface area contributed by atoms with E-state index in [0.29, 0.717) is 12.8 Å². The zero-order valence-corrected chi connectivity index (χ0v) is 18.8. The molecule has 1 aliphatic heterocycles. The molecule has 31 heavy (non-hydrogen) atoms. The first kappa shape index (κ1) is 21.6. The molecule has 1 aliphatic carbocycles. The summed E-state index contributed by atoms with van der Waals surface area (Å²) in [5.41, 5.74) is 0.104. The number of hydrogen-bond acceptors (Lipinski definition) is 8. The lowest BCUT2D eigenvalue weighted by atomic mass is 9.61. The van der Waals surface area contributed by atoms with Crippen molar-refractivity contribution in [2.24, 2.45) is 5.41 Å². The number of carbonyl (C=O) groups excluding carboxylic acids is 1. The Hall–Kier alpha value is -2.66. The minimum absolute atomic E-state index is 0.0584. The van der Waals surface area contributed by atoms with Gasteiger partial charge in [-0.1, -0.05) is 0 Å². The molecule has 2 heterocycles. The van der Waals surface area contributed by atoms with E-state index in [4.69, 9.17) is 9.47 Å². The van der Waals surface area contributed by atoms with E-state index < -0.39 is 21.9 Å². The number of nitrogens with zero attached hydrogens (tertiary/aromatic N) is 3. The molecule has 0 bridgehead atoms. The van der Waals surface area contributed by atoms with Gasteiger partial charge in [0.25, 0.3) is 0 Å². The molecule has 2 aromatic rings. The van der Waals surface area contributed by atoms with Crippen molar-refractivity contribution >= 4 is 33.0 Å². The van der Waals surface area contributed by atoms with Crippen LogP contribution in [0.4, 0.5) is 10.6 Å². The van der Waals surface area contributed by atoms with Crippen LogP contribution in [0.2, 0.25) is 0 Å². The molecule has 168 valence electrons. The SMILES string of the molecule is COc1ccc2c(N3CC4(CC(NS(=O)(=O)NC(=O)OC(C)(C)C)C4)C3)ncnc2c1. The second kappa shape index (κ2) is 7.49. The minimum atomic E-state index is -3.97. The normalized spacial score (nSPS) is 18.4. The summed E-state index contributed by atoms with van der Waals surface area (Å²) < 4.78 is 39.0. The first-order chi connectivity index (χ1) is 14.5. The predicted molar refractivity (Wildman–Crippen MR) is 115 cm³/mol. The van der Waals surface area contributed by atoms with Crippen LogP contribution in [0.15, 0.2) is 24.5 Å². The summed E-state index contributed by atoms with van der Waals surface area (Å²) in [7, 11) is -2.35. The maximum Gasteiger partial charge on any atom is 0.422 e. The number of amides is 1. The number of carbonyl (C=O) groups is 1. The highest BCUT2D eigenvalue weighted by Gasteiger charge is 2.53. The Bertz CT molecular complexity index is 1100. The van der Waals surface area contributed by atoms with Crippen molar-refractivity contribution in [3.63, 3.8) is 0 Å². The van der Waals surface area contributed by atoms with E-state index in [2.05, 4.69) is 19.6 Å². The van der Waals surface area contributed by atoms with Gasteiger partial charge in [-0.15, -0.1) is 0 Å². The van der Waals surface area contributed by atoms with E-state index in [1.165, 1.54) is 0 Å². The smallest absolute Gasteiger partial charge is 0.422 e. The topological polar surface area (TPSA) is 123 Å². The van der Waals surface area contributed by atoms with E-state index in [9.17, 15) is 13.2 Å². The molecule has 1 spiro atoms. The lowest BCUT2D eigenvalue weighted by molar-refractivity contribution is 0.0548. The van der Waals surface area contributed by atoms with E-state index in [0.717, 1.165) is 35.6 Å². The number of nitrogens with one attached hydrogen (secondary N) is 2. The Morgan fingerprint density at radius 2 is 1.94 bits per heavy atom. The lowest BCUT2D eigenvalue weighted by Crippen LogP contribution is -2.67. The van der Waals surface area contributed by atoms with Crippen molar-refractivity contribution in [1.29, 1.82) is 0 Å². The quantitative estimate of drug-likeness (QED) is 0.710. The molecule has 1 aromatic heterocycles. The molecular weight excluding hydrogens is 422 g/mol. The van der Waals surface area contributed by atoms with E-state index >= 15 is 0 Å². The van der Waals surface area contributed by atoms with Gasteiger partial charge in [0, 0.05) is 36.0 Å². The number of ether oxygens (including phenoxy) is 2. The summed E-state index contributed by atoms with van der Waals surface area (Å²) >= 11 is 0. The van der Waals surface area contributed by atoms with Crippen molar-refractivity contribution in [3.05, 3.63) is 24.5 Å². The van der Waals surface area contributed by atoms with Crippen LogP contribution in [0.1, 0.15) is 33.6 Å². The van der Waals surface area contributed by atoms with Gasteiger partial charge in [-0.3, -0.25) is 0 Å². The molecular formula is C20H27N5O5S. The molecule has 2 fully saturated rings. The summed E-state index contributed by atoms with van der Waals surface area (Å²) in [5.74, 6) is 1.61. The van der Waals surface area contributed by atoms with E-state index in [-0.39, 0.29) is 11.5 Å². The zero-order chi connectivity index (χ0) is 22.4. The van der Waals surface area contributed by atoms with Gasteiger partial charge in [0.1, 0.15) is 23.5 Å². The highest BCUT2D eigenvalue weighted by atomic mass is 32.2. The third kappa shape index (κ3) is 4.67. The largest absolute Gasteiger partial charge is 0.497 e. The average molecular weight is 450 g/mol. The Balaban J connectivity index is 1.32. The summed E-state index contributed by atoms with van der Waals surface area (Å²) in [4.78, 5) is 22.7. The van der Waals surface area contributed by atoms with Crippen LogP contribution < -0.4 is 19.1 Å². The molecule has 1 aromatic carbocycles. The predicted octanol–water partition coefficient (Wildman–Crippen LogP) is 1.97. The molecule has 0 radical (unpaired) electrons. The molecule has 4 rings (SSSR count). The second-order valence-corrected chi connectivity index (χ2v) is 10.7. The van der Waals surface area contributed by atoms with Crippen molar-refractivity contribution < 1.29 is 22.7 Å². The van der Waals surface area contributed by atoms with Crippen LogP contribution in [0.25, 0.3) is 10.9 Å². The Labute approximate surface area is 181 Å². The van der Waals surface area contributed by atoms with Gasteiger partial charge in [-0.25, -0.2) is 19.5 Å². The maximum atomic E-state index is 12.2. The van der Waals surface area contributed by atoms with Crippen molar-refractivity contribution in [3.8, 4) is 5.75 Å². The Morgan fingerprint density at radius 3 is 2.58 bits per heavy atom.